The number of nitrogens with zero attached hydrogens (tertiary/aromatic N) is 4. The number of aliphatic hydroxyl groups excluding tert-OH is 1. The second kappa shape index (κ2) is 18.4. The molecule has 15 heteroatoms. The number of hydrogen-bond donors (Lipinski definition) is 1. The Hall–Kier alpha value is -2.50. The fourth-order valence-corrected chi connectivity index (χ4v) is 10.1. The van der Waals surface area contributed by atoms with Crippen LogP contribution >= 0.6 is 0 Å². The van der Waals surface area contributed by atoms with Crippen molar-refractivity contribution < 1.29 is 46.9 Å². The lowest BCUT2D eigenvalue weighted by Crippen LogP contribution is -2.60. The molecule has 312 valence electrons. The van der Waals surface area contributed by atoms with Crippen LogP contribution in [0.15, 0.2) is 35.2 Å². The Kier molecular flexibility index (Phi) is 15.1. The molecule has 0 saturated carbocycles. The highest BCUT2D eigenvalue weighted by Gasteiger charge is 2.52. The maximum Gasteiger partial charge on any atom is 0.319 e. The molecule has 0 unspecified atom stereocenters. The van der Waals surface area contributed by atoms with Crippen molar-refractivity contribution in [1.29, 1.82) is 0 Å². The lowest BCUT2D eigenvalue weighted by atomic mass is 9.74. The van der Waals surface area contributed by atoms with Crippen LogP contribution in [0.1, 0.15) is 74.7 Å². The number of amides is 1. The predicted octanol–water partition coefficient (Wildman–Crippen LogP) is 3.02. The lowest BCUT2D eigenvalue weighted by molar-refractivity contribution is -0.295. The molecule has 3 saturated heterocycles. The highest BCUT2D eigenvalue weighted by atomic mass is 32.2. The molecule has 3 fully saturated rings. The van der Waals surface area contributed by atoms with Crippen molar-refractivity contribution in [2.24, 2.45) is 17.3 Å². The molecule has 0 aliphatic carbocycles. The van der Waals surface area contributed by atoms with Crippen LogP contribution in [0.25, 0.3) is 0 Å². The molecule has 55 heavy (non-hydrogen) atoms. The van der Waals surface area contributed by atoms with E-state index in [-0.39, 0.29) is 55.0 Å². The lowest BCUT2D eigenvalue weighted by Gasteiger charge is -2.47. The molecule has 14 nitrogen and oxygen atoms in total. The molecule has 10 atom stereocenters. The average molecular weight is 795 g/mol. The SMILES string of the molecule is CCCN1C[C@H](C)C[C@@](C)(OC)[C@H](O[C@@H]2O[C@H](C)C[C@H](N(C)C)[C@H]2O)[C@@H](C)C(=O)C(C)(C)C(=O)O[C@@H](C)[C@@H]1C(=O)N1CCN(S(=O)(=O)c2ccccc2)CC1. The van der Waals surface area contributed by atoms with E-state index in [1.165, 1.54) is 18.2 Å². The minimum Gasteiger partial charge on any atom is -0.460 e. The summed E-state index contributed by atoms with van der Waals surface area (Å²) in [5, 5.41) is 11.4. The third-order valence-electron chi connectivity index (χ3n) is 11.7. The topological polar surface area (TPSA) is 155 Å². The number of esters is 1. The highest BCUT2D eigenvalue weighted by molar-refractivity contribution is 7.89. The largest absolute Gasteiger partial charge is 0.460 e. The summed E-state index contributed by atoms with van der Waals surface area (Å²) in [6, 6.07) is 7.09. The van der Waals surface area contributed by atoms with Gasteiger partial charge in [0.1, 0.15) is 23.7 Å². The van der Waals surface area contributed by atoms with Crippen molar-refractivity contribution in [3.05, 3.63) is 30.3 Å². The quantitative estimate of drug-likeness (QED) is 0.289. The smallest absolute Gasteiger partial charge is 0.319 e. The summed E-state index contributed by atoms with van der Waals surface area (Å²) in [7, 11) is 1.61. The molecule has 1 aromatic carbocycles. The average Bonchev–Trinajstić information content (AvgIpc) is 3.14. The number of methoxy groups -OCH3 is 1. The minimum atomic E-state index is -3.74. The number of carbonyl (C=O) groups is 3. The zero-order chi connectivity index (χ0) is 41.0. The van der Waals surface area contributed by atoms with Crippen LogP contribution in [-0.2, 0) is 43.4 Å². The predicted molar refractivity (Wildman–Crippen MR) is 207 cm³/mol. The number of ether oxygens (including phenoxy) is 4. The van der Waals surface area contributed by atoms with E-state index in [1.807, 2.05) is 44.7 Å². The Balaban J connectivity index is 1.68. The summed E-state index contributed by atoms with van der Waals surface area (Å²) >= 11 is 0. The fraction of sp³-hybridized carbons (Fsp3) is 0.775. The van der Waals surface area contributed by atoms with Crippen LogP contribution in [0.4, 0.5) is 0 Å². The number of carbonyl (C=O) groups excluding carboxylic acids is 3. The Bertz CT molecular complexity index is 1570. The van der Waals surface area contributed by atoms with Gasteiger partial charge < -0.3 is 33.9 Å². The molecule has 1 aromatic rings. The number of rotatable bonds is 9. The number of aliphatic hydroxyl groups is 1. The van der Waals surface area contributed by atoms with Crippen LogP contribution in [0, 0.1) is 17.3 Å². The number of Topliss-reactive ketones (excluding diaryl/α,β-unsaturated/α-hetero) is 1. The van der Waals surface area contributed by atoms with E-state index in [1.54, 1.807) is 56.2 Å². The molecule has 4 rings (SSSR count). The van der Waals surface area contributed by atoms with E-state index in [0.717, 1.165) is 0 Å². The number of likely N-dealkylation sites (N-methyl/N-ethyl adjacent to an activating group) is 1. The number of sulfonamides is 1. The van der Waals surface area contributed by atoms with Crippen molar-refractivity contribution >= 4 is 27.7 Å². The van der Waals surface area contributed by atoms with Crippen molar-refractivity contribution in [2.45, 2.75) is 128 Å². The van der Waals surface area contributed by atoms with Gasteiger partial charge in [0.05, 0.1) is 22.7 Å². The van der Waals surface area contributed by atoms with Gasteiger partial charge in [-0.05, 0) is 92.6 Å². The molecule has 3 heterocycles. The molecule has 0 spiro atoms. The molecule has 0 radical (unpaired) electrons. The Morgan fingerprint density at radius 2 is 1.64 bits per heavy atom. The van der Waals surface area contributed by atoms with Gasteiger partial charge in [-0.3, -0.25) is 19.3 Å². The van der Waals surface area contributed by atoms with Crippen molar-refractivity contribution in [3.63, 3.8) is 0 Å². The summed E-state index contributed by atoms with van der Waals surface area (Å²) < 4.78 is 53.3. The van der Waals surface area contributed by atoms with Gasteiger partial charge in [0, 0.05) is 51.8 Å². The number of ketones is 1. The normalized spacial score (nSPS) is 35.1. The summed E-state index contributed by atoms with van der Waals surface area (Å²) in [6.45, 7) is 15.8. The van der Waals surface area contributed by atoms with Crippen molar-refractivity contribution in [1.82, 2.24) is 19.0 Å². The van der Waals surface area contributed by atoms with Crippen LogP contribution in [0.5, 0.6) is 0 Å². The molecule has 0 aromatic heterocycles. The molecule has 3 aliphatic heterocycles. The molecule has 3 aliphatic rings. The monoisotopic (exact) mass is 794 g/mol. The summed E-state index contributed by atoms with van der Waals surface area (Å²) in [4.78, 5) is 49.0. The van der Waals surface area contributed by atoms with E-state index in [4.69, 9.17) is 18.9 Å². The standard InChI is InChI=1S/C40H66N4O10S/c1-12-18-43-25-26(2)24-40(8,51-11)35(54-37-33(45)31(41(9)10)23-27(3)52-37)28(4)34(46)39(6,7)38(48)53-29(5)32(43)36(47)42-19-21-44(22-20-42)55(49,50)30-16-14-13-15-17-30/h13-17,26-29,31-33,35,37,45H,12,18-25H2,1-11H3/t26-,27-,28+,29+,31+,32-,33-,35-,37+,40-/m1/s1. The van der Waals surface area contributed by atoms with Crippen LogP contribution in [0.2, 0.25) is 0 Å². The molecular formula is C40H66N4O10S. The minimum absolute atomic E-state index is 0.115. The van der Waals surface area contributed by atoms with Gasteiger partial charge in [-0.15, -0.1) is 0 Å². The maximum atomic E-state index is 14.6. The summed E-state index contributed by atoms with van der Waals surface area (Å²) in [5.74, 6) is -2.49. The number of piperazine rings is 1. The zero-order valence-electron chi connectivity index (χ0n) is 34.8. The molecule has 1 N–H and O–H groups in total. The van der Waals surface area contributed by atoms with Gasteiger partial charge >= 0.3 is 5.97 Å². The van der Waals surface area contributed by atoms with Crippen molar-refractivity contribution in [3.8, 4) is 0 Å². The molecular weight excluding hydrogens is 729 g/mol. The highest BCUT2D eigenvalue weighted by Crippen LogP contribution is 2.39. The Morgan fingerprint density at radius 3 is 2.20 bits per heavy atom. The zero-order valence-corrected chi connectivity index (χ0v) is 35.6. The number of benzene rings is 1. The third kappa shape index (κ3) is 9.97. The number of hydrogen-bond acceptors (Lipinski definition) is 12. The van der Waals surface area contributed by atoms with Crippen LogP contribution < -0.4 is 0 Å². The van der Waals surface area contributed by atoms with E-state index < -0.39 is 69.4 Å². The first-order chi connectivity index (χ1) is 25.7. The van der Waals surface area contributed by atoms with E-state index in [9.17, 15) is 27.9 Å². The third-order valence-corrected chi connectivity index (χ3v) is 13.7. The second-order valence-corrected chi connectivity index (χ2v) is 18.8. The van der Waals surface area contributed by atoms with E-state index >= 15 is 0 Å². The first-order valence-corrected chi connectivity index (χ1v) is 21.2. The van der Waals surface area contributed by atoms with Gasteiger partial charge in [-0.2, -0.15) is 4.31 Å². The van der Waals surface area contributed by atoms with Crippen LogP contribution in [0.3, 0.4) is 0 Å². The Labute approximate surface area is 328 Å². The van der Waals surface area contributed by atoms with E-state index in [0.29, 0.717) is 32.4 Å². The molecule has 0 bridgehead atoms. The summed E-state index contributed by atoms with van der Waals surface area (Å²) in [6.07, 6.45) is -2.47. The van der Waals surface area contributed by atoms with Gasteiger partial charge in [0.2, 0.25) is 15.9 Å². The van der Waals surface area contributed by atoms with E-state index in [2.05, 4.69) is 6.92 Å². The summed E-state index contributed by atoms with van der Waals surface area (Å²) in [5.41, 5.74) is -2.74. The fourth-order valence-electron chi connectivity index (χ4n) is 8.61. The first kappa shape index (κ1) is 45.2. The Morgan fingerprint density at radius 1 is 1.02 bits per heavy atom. The van der Waals surface area contributed by atoms with Gasteiger partial charge in [0.25, 0.3) is 0 Å². The van der Waals surface area contributed by atoms with Gasteiger partial charge in [0.15, 0.2) is 12.1 Å². The molecule has 1 amide bonds. The number of cyclic esters (lactones) is 1. The second-order valence-electron chi connectivity index (χ2n) is 16.8. The van der Waals surface area contributed by atoms with Crippen LogP contribution in [-0.4, -0.2) is 159 Å². The maximum absolute atomic E-state index is 14.6. The van der Waals surface area contributed by atoms with Gasteiger partial charge in [-0.1, -0.05) is 39.0 Å². The first-order valence-electron chi connectivity index (χ1n) is 19.7. The van der Waals surface area contributed by atoms with Gasteiger partial charge in [-0.25, -0.2) is 8.42 Å². The van der Waals surface area contributed by atoms with Crippen molar-refractivity contribution in [2.75, 3.05) is 60.5 Å².